The molecule has 1 aliphatic heterocycles. The van der Waals surface area contributed by atoms with Gasteiger partial charge in [-0.05, 0) is 45.1 Å². The normalized spacial score (nSPS) is 21.6. The smallest absolute Gasteiger partial charge is 0.0953 e. The maximum Gasteiger partial charge on any atom is 0.0953 e. The number of aromatic nitrogens is 2. The highest BCUT2D eigenvalue weighted by atomic mass is 15.1. The molecule has 19 heavy (non-hydrogen) atoms. The Morgan fingerprint density at radius 3 is 2.63 bits per heavy atom. The molecule has 1 unspecified atom stereocenters. The molecule has 1 aromatic rings. The van der Waals surface area contributed by atoms with Gasteiger partial charge in [0.2, 0.25) is 0 Å². The summed E-state index contributed by atoms with van der Waals surface area (Å²) in [6, 6.07) is 0. The van der Waals surface area contributed by atoms with E-state index in [1.54, 1.807) is 0 Å². The molecule has 1 fully saturated rings. The third-order valence-electron chi connectivity index (χ3n) is 4.00. The van der Waals surface area contributed by atoms with Crippen LogP contribution in [0.4, 0.5) is 0 Å². The third-order valence-corrected chi connectivity index (χ3v) is 4.00. The van der Waals surface area contributed by atoms with Crippen LogP contribution in [0.25, 0.3) is 0 Å². The van der Waals surface area contributed by atoms with Crippen LogP contribution in [0, 0.1) is 5.41 Å². The zero-order valence-corrected chi connectivity index (χ0v) is 13.2. The molecular formula is C16H29N3. The summed E-state index contributed by atoms with van der Waals surface area (Å²) in [5.74, 6) is 0.621. The highest BCUT2D eigenvalue weighted by Crippen LogP contribution is 2.35. The van der Waals surface area contributed by atoms with Crippen LogP contribution in [0.5, 0.6) is 0 Å². The van der Waals surface area contributed by atoms with Gasteiger partial charge in [0.1, 0.15) is 0 Å². The van der Waals surface area contributed by atoms with E-state index >= 15 is 0 Å². The van der Waals surface area contributed by atoms with Crippen molar-refractivity contribution < 1.29 is 0 Å². The second kappa shape index (κ2) is 5.28. The lowest BCUT2D eigenvalue weighted by Crippen LogP contribution is -2.35. The molecule has 2 heterocycles. The molecule has 0 aromatic carbocycles. The van der Waals surface area contributed by atoms with Gasteiger partial charge in [-0.15, -0.1) is 0 Å². The van der Waals surface area contributed by atoms with Crippen LogP contribution in [-0.4, -0.2) is 22.6 Å². The summed E-state index contributed by atoms with van der Waals surface area (Å²) in [4.78, 5) is 4.43. The van der Waals surface area contributed by atoms with Gasteiger partial charge in [-0.25, -0.2) is 4.98 Å². The first-order valence-electron chi connectivity index (χ1n) is 7.53. The van der Waals surface area contributed by atoms with Crippen LogP contribution in [0.15, 0.2) is 12.5 Å². The van der Waals surface area contributed by atoms with Gasteiger partial charge in [-0.1, -0.05) is 20.8 Å². The van der Waals surface area contributed by atoms with Crippen molar-refractivity contribution in [2.45, 2.75) is 65.3 Å². The Balaban J connectivity index is 2.22. The van der Waals surface area contributed by atoms with E-state index in [1.165, 1.54) is 18.5 Å². The van der Waals surface area contributed by atoms with Crippen molar-refractivity contribution in [3.05, 3.63) is 18.2 Å². The van der Waals surface area contributed by atoms with Gasteiger partial charge in [0, 0.05) is 29.9 Å². The van der Waals surface area contributed by atoms with E-state index in [0.717, 1.165) is 19.5 Å². The molecule has 0 spiro atoms. The second-order valence-corrected chi connectivity index (χ2v) is 7.78. The minimum Gasteiger partial charge on any atom is -0.329 e. The Bertz CT molecular complexity index is 406. The van der Waals surface area contributed by atoms with Gasteiger partial charge in [-0.3, -0.25) is 0 Å². The van der Waals surface area contributed by atoms with E-state index in [1.807, 2.05) is 6.33 Å². The number of hydrogen-bond donors (Lipinski definition) is 1. The summed E-state index contributed by atoms with van der Waals surface area (Å²) in [6.45, 7) is 13.9. The first-order chi connectivity index (χ1) is 8.80. The highest BCUT2D eigenvalue weighted by Gasteiger charge is 2.30. The van der Waals surface area contributed by atoms with E-state index in [4.69, 9.17) is 0 Å². The molecule has 1 aromatic heterocycles. The maximum absolute atomic E-state index is 4.43. The van der Waals surface area contributed by atoms with Crippen molar-refractivity contribution in [1.29, 1.82) is 0 Å². The van der Waals surface area contributed by atoms with E-state index in [2.05, 4.69) is 55.7 Å². The number of rotatable bonds is 3. The first-order valence-corrected chi connectivity index (χ1v) is 7.53. The van der Waals surface area contributed by atoms with Gasteiger partial charge in [0.05, 0.1) is 6.33 Å². The molecule has 1 atom stereocenters. The second-order valence-electron chi connectivity index (χ2n) is 7.78. The quantitative estimate of drug-likeness (QED) is 0.904. The summed E-state index contributed by atoms with van der Waals surface area (Å²) in [5.41, 5.74) is 1.86. The Morgan fingerprint density at radius 2 is 2.05 bits per heavy atom. The third kappa shape index (κ3) is 3.59. The van der Waals surface area contributed by atoms with Gasteiger partial charge in [0.15, 0.2) is 0 Å². The summed E-state index contributed by atoms with van der Waals surface area (Å²) in [5, 5.41) is 3.51. The van der Waals surface area contributed by atoms with Gasteiger partial charge < -0.3 is 9.88 Å². The van der Waals surface area contributed by atoms with Gasteiger partial charge in [0.25, 0.3) is 0 Å². The molecule has 2 rings (SSSR count). The predicted molar refractivity (Wildman–Crippen MR) is 80.5 cm³/mol. The van der Waals surface area contributed by atoms with Crippen LogP contribution < -0.4 is 5.32 Å². The Labute approximate surface area is 117 Å². The summed E-state index contributed by atoms with van der Waals surface area (Å²) in [6.07, 6.45) is 7.81. The van der Waals surface area contributed by atoms with Crippen molar-refractivity contribution in [1.82, 2.24) is 14.9 Å². The minimum atomic E-state index is 0.127. The molecule has 0 radical (unpaired) electrons. The molecule has 1 saturated heterocycles. The molecule has 3 nitrogen and oxygen atoms in total. The Morgan fingerprint density at radius 1 is 1.32 bits per heavy atom. The fourth-order valence-corrected chi connectivity index (χ4v) is 3.60. The number of imidazole rings is 1. The van der Waals surface area contributed by atoms with E-state index in [9.17, 15) is 0 Å². The monoisotopic (exact) mass is 263 g/mol. The molecule has 0 aliphatic carbocycles. The zero-order valence-electron chi connectivity index (χ0n) is 13.2. The molecule has 1 N–H and O–H groups in total. The molecular weight excluding hydrogens is 234 g/mol. The topological polar surface area (TPSA) is 29.9 Å². The SMILES string of the molecule is CC(C)(C)CC(C)(C)n1cncc1C1CCCNC1. The maximum atomic E-state index is 4.43. The number of piperidine rings is 1. The highest BCUT2D eigenvalue weighted by molar-refractivity contribution is 5.11. The van der Waals surface area contributed by atoms with Crippen LogP contribution >= 0.6 is 0 Å². The van der Waals surface area contributed by atoms with Crippen LogP contribution in [0.3, 0.4) is 0 Å². The Kier molecular flexibility index (Phi) is 4.05. The Hall–Kier alpha value is -0.830. The van der Waals surface area contributed by atoms with Crippen LogP contribution in [-0.2, 0) is 5.54 Å². The number of nitrogens with one attached hydrogen (secondary N) is 1. The lowest BCUT2D eigenvalue weighted by molar-refractivity contribution is 0.207. The lowest BCUT2D eigenvalue weighted by Gasteiger charge is -2.36. The molecule has 0 saturated carbocycles. The van der Waals surface area contributed by atoms with Gasteiger partial charge >= 0.3 is 0 Å². The van der Waals surface area contributed by atoms with Crippen molar-refractivity contribution >= 4 is 0 Å². The average molecular weight is 263 g/mol. The first kappa shape index (κ1) is 14.6. The van der Waals surface area contributed by atoms with Crippen molar-refractivity contribution in [2.24, 2.45) is 5.41 Å². The van der Waals surface area contributed by atoms with Crippen LogP contribution in [0.1, 0.15) is 65.5 Å². The molecule has 0 amide bonds. The zero-order chi connectivity index (χ0) is 14.1. The average Bonchev–Trinajstić information content (AvgIpc) is 2.76. The summed E-state index contributed by atoms with van der Waals surface area (Å²) >= 11 is 0. The van der Waals surface area contributed by atoms with Crippen molar-refractivity contribution in [2.75, 3.05) is 13.1 Å². The fraction of sp³-hybridized carbons (Fsp3) is 0.812. The summed E-state index contributed by atoms with van der Waals surface area (Å²) in [7, 11) is 0. The van der Waals surface area contributed by atoms with Crippen molar-refractivity contribution in [3.63, 3.8) is 0 Å². The molecule has 108 valence electrons. The molecule has 0 bridgehead atoms. The molecule has 3 heteroatoms. The van der Waals surface area contributed by atoms with E-state index in [-0.39, 0.29) is 5.54 Å². The van der Waals surface area contributed by atoms with Gasteiger partial charge in [-0.2, -0.15) is 0 Å². The molecule has 1 aliphatic rings. The largest absolute Gasteiger partial charge is 0.329 e. The lowest BCUT2D eigenvalue weighted by atomic mass is 9.81. The minimum absolute atomic E-state index is 0.127. The number of hydrogen-bond acceptors (Lipinski definition) is 2. The number of nitrogens with zero attached hydrogens (tertiary/aromatic N) is 2. The van der Waals surface area contributed by atoms with E-state index < -0.39 is 0 Å². The van der Waals surface area contributed by atoms with Crippen molar-refractivity contribution in [3.8, 4) is 0 Å². The standard InChI is InChI=1S/C16H29N3/c1-15(2,3)11-16(4,5)19-12-18-10-14(19)13-7-6-8-17-9-13/h10,12-13,17H,6-9,11H2,1-5H3. The fourth-order valence-electron chi connectivity index (χ4n) is 3.60. The predicted octanol–water partition coefficient (Wildman–Crippen LogP) is 3.52. The van der Waals surface area contributed by atoms with Crippen LogP contribution in [0.2, 0.25) is 0 Å². The summed E-state index contributed by atoms with van der Waals surface area (Å²) < 4.78 is 2.41. The van der Waals surface area contributed by atoms with E-state index in [0.29, 0.717) is 11.3 Å².